The molecule has 0 N–H and O–H groups in total. The zero-order valence-corrected chi connectivity index (χ0v) is 16.3. The van der Waals surface area contributed by atoms with Crippen molar-refractivity contribution in [2.45, 2.75) is 32.4 Å². The molecule has 146 valence electrons. The van der Waals surface area contributed by atoms with Crippen molar-refractivity contribution in [3.63, 3.8) is 0 Å². The van der Waals surface area contributed by atoms with Crippen molar-refractivity contribution in [3.8, 4) is 0 Å². The van der Waals surface area contributed by atoms with Crippen LogP contribution in [0.4, 0.5) is 0 Å². The fourth-order valence-corrected chi connectivity index (χ4v) is 3.20. The number of esters is 1. The highest BCUT2D eigenvalue weighted by Crippen LogP contribution is 2.16. The number of carbonyl (C=O) groups is 2. The Balaban J connectivity index is 1.77. The molecule has 0 bridgehead atoms. The highest BCUT2D eigenvalue weighted by molar-refractivity contribution is 5.98. The molecular weight excluding hydrogens is 356 g/mol. The molecule has 1 atom stereocenters. The Morgan fingerprint density at radius 1 is 1.21 bits per heavy atom. The third-order valence-corrected chi connectivity index (χ3v) is 4.83. The molecule has 0 aliphatic carbocycles. The van der Waals surface area contributed by atoms with Crippen molar-refractivity contribution in [1.82, 2.24) is 19.4 Å². The van der Waals surface area contributed by atoms with E-state index in [1.54, 1.807) is 19.4 Å². The van der Waals surface area contributed by atoms with Crippen LogP contribution < -0.4 is 0 Å². The lowest BCUT2D eigenvalue weighted by Gasteiger charge is -2.24. The minimum atomic E-state index is -0.628. The molecule has 0 saturated carbocycles. The molecule has 0 aliphatic rings. The predicted molar refractivity (Wildman–Crippen MR) is 106 cm³/mol. The van der Waals surface area contributed by atoms with Crippen molar-refractivity contribution in [3.05, 3.63) is 60.0 Å². The molecule has 0 saturated heterocycles. The van der Waals surface area contributed by atoms with Gasteiger partial charge in [0.2, 0.25) is 0 Å². The van der Waals surface area contributed by atoms with E-state index in [0.717, 1.165) is 18.6 Å². The number of aromatic nitrogens is 3. The molecule has 7 heteroatoms. The Labute approximate surface area is 164 Å². The van der Waals surface area contributed by atoms with Crippen LogP contribution in [-0.2, 0) is 22.5 Å². The van der Waals surface area contributed by atoms with Gasteiger partial charge in [0.05, 0.1) is 19.0 Å². The lowest BCUT2D eigenvalue weighted by molar-refractivity contribution is -0.145. The van der Waals surface area contributed by atoms with Crippen LogP contribution in [0.15, 0.2) is 48.9 Å². The number of methoxy groups -OCH3 is 1. The standard InChI is InChI=1S/C21H24N4O3/c1-4-18(21(27)28-3)24(2)20(26)16-12-17-19(22-13-16)25(14-23-17)11-10-15-8-6-5-7-9-15/h5-9,12-14,18H,4,10-11H2,1-3H3. The monoisotopic (exact) mass is 380 g/mol. The molecule has 3 aromatic rings. The van der Waals surface area contributed by atoms with Gasteiger partial charge in [0, 0.05) is 19.8 Å². The first-order valence-electron chi connectivity index (χ1n) is 9.25. The molecule has 3 rings (SSSR count). The van der Waals surface area contributed by atoms with Crippen molar-refractivity contribution in [2.75, 3.05) is 14.2 Å². The molecule has 1 aromatic carbocycles. The summed E-state index contributed by atoms with van der Waals surface area (Å²) in [7, 11) is 2.91. The topological polar surface area (TPSA) is 77.3 Å². The lowest BCUT2D eigenvalue weighted by Crippen LogP contribution is -2.42. The Kier molecular flexibility index (Phi) is 6.03. The maximum atomic E-state index is 12.8. The number of hydrogen-bond donors (Lipinski definition) is 0. The number of benzene rings is 1. The third-order valence-electron chi connectivity index (χ3n) is 4.83. The molecule has 1 unspecified atom stereocenters. The van der Waals surface area contributed by atoms with Gasteiger partial charge in [0.25, 0.3) is 5.91 Å². The van der Waals surface area contributed by atoms with E-state index in [4.69, 9.17) is 4.74 Å². The van der Waals surface area contributed by atoms with Gasteiger partial charge in [-0.2, -0.15) is 0 Å². The van der Waals surface area contributed by atoms with Crippen LogP contribution in [0.5, 0.6) is 0 Å². The van der Waals surface area contributed by atoms with E-state index < -0.39 is 12.0 Å². The maximum absolute atomic E-state index is 12.8. The van der Waals surface area contributed by atoms with Crippen molar-refractivity contribution in [1.29, 1.82) is 0 Å². The van der Waals surface area contributed by atoms with E-state index in [9.17, 15) is 9.59 Å². The normalized spacial score (nSPS) is 12.0. The van der Waals surface area contributed by atoms with Crippen LogP contribution in [0.25, 0.3) is 11.2 Å². The third kappa shape index (κ3) is 4.03. The summed E-state index contributed by atoms with van der Waals surface area (Å²) in [5, 5.41) is 0. The first-order valence-corrected chi connectivity index (χ1v) is 9.25. The highest BCUT2D eigenvalue weighted by atomic mass is 16.5. The van der Waals surface area contributed by atoms with E-state index >= 15 is 0 Å². The van der Waals surface area contributed by atoms with Crippen LogP contribution in [0, 0.1) is 0 Å². The predicted octanol–water partition coefficient (Wildman–Crippen LogP) is 2.70. The van der Waals surface area contributed by atoms with Crippen LogP contribution in [0.2, 0.25) is 0 Å². The van der Waals surface area contributed by atoms with E-state index in [1.165, 1.54) is 23.8 Å². The van der Waals surface area contributed by atoms with Crippen LogP contribution in [0.3, 0.4) is 0 Å². The number of ether oxygens (including phenoxy) is 1. The second-order valence-electron chi connectivity index (χ2n) is 6.60. The first kappa shape index (κ1) is 19.5. The van der Waals surface area contributed by atoms with Gasteiger partial charge in [-0.1, -0.05) is 37.3 Å². The van der Waals surface area contributed by atoms with E-state index in [-0.39, 0.29) is 5.91 Å². The molecule has 0 radical (unpaired) electrons. The summed E-state index contributed by atoms with van der Waals surface area (Å²) in [4.78, 5) is 34.9. The van der Waals surface area contributed by atoms with Gasteiger partial charge in [-0.25, -0.2) is 14.8 Å². The van der Waals surface area contributed by atoms with Gasteiger partial charge in [-0.05, 0) is 24.5 Å². The average molecular weight is 380 g/mol. The summed E-state index contributed by atoms with van der Waals surface area (Å²) in [5.41, 5.74) is 3.02. The van der Waals surface area contributed by atoms with Crippen LogP contribution >= 0.6 is 0 Å². The van der Waals surface area contributed by atoms with Crippen molar-refractivity contribution >= 4 is 23.0 Å². The zero-order chi connectivity index (χ0) is 20.1. The number of aryl methyl sites for hydroxylation is 2. The zero-order valence-electron chi connectivity index (χ0n) is 16.3. The number of nitrogens with zero attached hydrogens (tertiary/aromatic N) is 4. The molecule has 1 amide bonds. The summed E-state index contributed by atoms with van der Waals surface area (Å²) >= 11 is 0. The largest absolute Gasteiger partial charge is 0.467 e. The number of pyridine rings is 1. The van der Waals surface area contributed by atoms with Crippen LogP contribution in [-0.4, -0.2) is 51.5 Å². The molecule has 7 nitrogen and oxygen atoms in total. The SMILES string of the molecule is CCC(C(=O)OC)N(C)C(=O)c1cnc2c(c1)ncn2CCc1ccccc1. The van der Waals surface area contributed by atoms with Gasteiger partial charge >= 0.3 is 5.97 Å². The van der Waals surface area contributed by atoms with Gasteiger partial charge < -0.3 is 14.2 Å². The summed E-state index contributed by atoms with van der Waals surface area (Å²) < 4.78 is 6.76. The number of fused-ring (bicyclic) bond motifs is 1. The van der Waals surface area contributed by atoms with Gasteiger partial charge in [-0.15, -0.1) is 0 Å². The molecule has 2 heterocycles. The Hall–Kier alpha value is -3.22. The number of imidazole rings is 1. The lowest BCUT2D eigenvalue weighted by atomic mass is 10.1. The summed E-state index contributed by atoms with van der Waals surface area (Å²) in [5.74, 6) is -0.719. The summed E-state index contributed by atoms with van der Waals surface area (Å²) in [6.07, 6.45) is 4.61. The number of likely N-dealkylation sites (N-methyl/N-ethyl adjacent to an activating group) is 1. The van der Waals surface area contributed by atoms with Gasteiger partial charge in [-0.3, -0.25) is 4.79 Å². The number of amides is 1. The molecule has 0 spiro atoms. The van der Waals surface area contributed by atoms with E-state index in [0.29, 0.717) is 17.5 Å². The highest BCUT2D eigenvalue weighted by Gasteiger charge is 2.27. The fraction of sp³-hybridized carbons (Fsp3) is 0.333. The number of rotatable bonds is 7. The minimum Gasteiger partial charge on any atom is -0.467 e. The van der Waals surface area contributed by atoms with Gasteiger partial charge in [0.1, 0.15) is 11.6 Å². The van der Waals surface area contributed by atoms with Crippen molar-refractivity contribution in [2.24, 2.45) is 0 Å². The fourth-order valence-electron chi connectivity index (χ4n) is 3.20. The Morgan fingerprint density at radius 2 is 1.96 bits per heavy atom. The summed E-state index contributed by atoms with van der Waals surface area (Å²) in [6, 6.07) is 11.3. The van der Waals surface area contributed by atoms with Crippen LogP contribution in [0.1, 0.15) is 29.3 Å². The second kappa shape index (κ2) is 8.65. The minimum absolute atomic E-state index is 0.287. The van der Waals surface area contributed by atoms with E-state index in [1.807, 2.05) is 29.7 Å². The molecular formula is C21H24N4O3. The smallest absolute Gasteiger partial charge is 0.328 e. The number of hydrogen-bond acceptors (Lipinski definition) is 5. The Morgan fingerprint density at radius 3 is 2.64 bits per heavy atom. The average Bonchev–Trinajstić information content (AvgIpc) is 3.14. The maximum Gasteiger partial charge on any atom is 0.328 e. The Bertz CT molecular complexity index is 968. The molecule has 28 heavy (non-hydrogen) atoms. The first-order chi connectivity index (χ1) is 13.5. The van der Waals surface area contributed by atoms with E-state index in [2.05, 4.69) is 22.1 Å². The van der Waals surface area contributed by atoms with Crippen molar-refractivity contribution < 1.29 is 14.3 Å². The van der Waals surface area contributed by atoms with Gasteiger partial charge in [0.15, 0.2) is 5.65 Å². The molecule has 2 aromatic heterocycles. The quantitative estimate of drug-likeness (QED) is 0.589. The molecule has 0 aliphatic heterocycles. The summed E-state index contributed by atoms with van der Waals surface area (Å²) in [6.45, 7) is 2.59. The second-order valence-corrected chi connectivity index (χ2v) is 6.60. The number of carbonyl (C=O) groups excluding carboxylic acids is 2. The molecule has 0 fully saturated rings.